The van der Waals surface area contributed by atoms with E-state index in [9.17, 15) is 0 Å². The number of halogens is 3. The molecule has 3 N–H and O–H groups in total. The smallest absolute Gasteiger partial charge is 0.0764 e. The van der Waals surface area contributed by atoms with Crippen LogP contribution in [0.1, 0.15) is 11.1 Å². The van der Waals surface area contributed by atoms with Gasteiger partial charge in [0.15, 0.2) is 0 Å². The highest BCUT2D eigenvalue weighted by Gasteiger charge is 2.11. The van der Waals surface area contributed by atoms with Crippen molar-refractivity contribution in [3.8, 4) is 0 Å². The van der Waals surface area contributed by atoms with Gasteiger partial charge in [0.2, 0.25) is 0 Å². The van der Waals surface area contributed by atoms with E-state index < -0.39 is 0 Å². The molecule has 100 valence electrons. The fourth-order valence-electron chi connectivity index (χ4n) is 1.94. The summed E-state index contributed by atoms with van der Waals surface area (Å²) in [5.41, 5.74) is 10.1. The molecule has 2 aromatic rings. The van der Waals surface area contributed by atoms with Crippen molar-refractivity contribution in [1.29, 1.82) is 0 Å². The minimum absolute atomic E-state index is 0.506. The van der Waals surface area contributed by atoms with Gasteiger partial charge in [-0.1, -0.05) is 39.1 Å². The van der Waals surface area contributed by atoms with Gasteiger partial charge in [-0.3, -0.25) is 0 Å². The summed E-state index contributed by atoms with van der Waals surface area (Å²) in [6.45, 7) is 4.05. The van der Waals surface area contributed by atoms with Crippen LogP contribution < -0.4 is 11.1 Å². The number of anilines is 3. The van der Waals surface area contributed by atoms with Crippen LogP contribution in [0.25, 0.3) is 0 Å². The normalized spacial score (nSPS) is 10.6. The van der Waals surface area contributed by atoms with E-state index in [-0.39, 0.29) is 0 Å². The van der Waals surface area contributed by atoms with Crippen LogP contribution in [-0.2, 0) is 0 Å². The molecule has 0 aliphatic rings. The van der Waals surface area contributed by atoms with E-state index in [1.54, 1.807) is 12.1 Å². The van der Waals surface area contributed by atoms with Crippen LogP contribution in [0.5, 0.6) is 0 Å². The fraction of sp³-hybridized carbons (Fsp3) is 0.143. The van der Waals surface area contributed by atoms with Gasteiger partial charge < -0.3 is 11.1 Å². The Morgan fingerprint density at radius 2 is 1.42 bits per heavy atom. The summed E-state index contributed by atoms with van der Waals surface area (Å²) in [5.74, 6) is 0. The molecule has 0 amide bonds. The molecule has 0 aromatic heterocycles. The maximum absolute atomic E-state index is 6.18. The van der Waals surface area contributed by atoms with E-state index >= 15 is 0 Å². The molecule has 2 aromatic carbocycles. The van der Waals surface area contributed by atoms with Crippen molar-refractivity contribution >= 4 is 56.2 Å². The maximum atomic E-state index is 6.18. The van der Waals surface area contributed by atoms with Crippen LogP contribution in [0.3, 0.4) is 0 Å². The number of benzene rings is 2. The summed E-state index contributed by atoms with van der Waals surface area (Å²) >= 11 is 15.8. The van der Waals surface area contributed by atoms with Gasteiger partial charge in [-0.2, -0.15) is 0 Å². The third kappa shape index (κ3) is 3.16. The zero-order valence-electron chi connectivity index (χ0n) is 10.5. The van der Waals surface area contributed by atoms with Crippen molar-refractivity contribution in [2.24, 2.45) is 0 Å². The molecular weight excluding hydrogens is 347 g/mol. The molecule has 0 radical (unpaired) electrons. The van der Waals surface area contributed by atoms with Gasteiger partial charge >= 0.3 is 0 Å². The average Bonchev–Trinajstić information content (AvgIpc) is 2.25. The molecular formula is C14H13BrCl2N2. The minimum Gasteiger partial charge on any atom is -0.399 e. The monoisotopic (exact) mass is 358 g/mol. The SMILES string of the molecule is Cc1cc(Br)cc(C)c1Nc1c(Cl)cc(N)cc1Cl. The first-order valence-electron chi connectivity index (χ1n) is 5.67. The van der Waals surface area contributed by atoms with E-state index in [4.69, 9.17) is 28.9 Å². The van der Waals surface area contributed by atoms with Crippen LogP contribution in [0.2, 0.25) is 10.0 Å². The van der Waals surface area contributed by atoms with Gasteiger partial charge in [0, 0.05) is 15.8 Å². The van der Waals surface area contributed by atoms with Crippen molar-refractivity contribution in [2.45, 2.75) is 13.8 Å². The van der Waals surface area contributed by atoms with Crippen LogP contribution in [0.4, 0.5) is 17.1 Å². The lowest BCUT2D eigenvalue weighted by Crippen LogP contribution is -1.99. The molecule has 0 saturated heterocycles. The van der Waals surface area contributed by atoms with Gasteiger partial charge in [0.25, 0.3) is 0 Å². The third-order valence-corrected chi connectivity index (χ3v) is 3.87. The van der Waals surface area contributed by atoms with Crippen LogP contribution in [0, 0.1) is 13.8 Å². The quantitative estimate of drug-likeness (QED) is 0.675. The number of nitrogens with one attached hydrogen (secondary N) is 1. The van der Waals surface area contributed by atoms with E-state index in [2.05, 4.69) is 21.2 Å². The van der Waals surface area contributed by atoms with Crippen LogP contribution in [0.15, 0.2) is 28.7 Å². The van der Waals surface area contributed by atoms with E-state index in [1.165, 1.54) is 0 Å². The molecule has 0 aliphatic carbocycles. The zero-order valence-corrected chi connectivity index (χ0v) is 13.6. The standard InChI is InChI=1S/C14H13BrCl2N2/c1-7-3-9(15)4-8(2)13(7)19-14-11(16)5-10(18)6-12(14)17/h3-6,19H,18H2,1-2H3. The fourth-order valence-corrected chi connectivity index (χ4v) is 3.23. The number of nitrogens with two attached hydrogens (primary N) is 1. The Bertz CT molecular complexity index is 540. The maximum Gasteiger partial charge on any atom is 0.0764 e. The third-order valence-electron chi connectivity index (χ3n) is 2.81. The molecule has 0 spiro atoms. The van der Waals surface area contributed by atoms with E-state index in [1.807, 2.05) is 26.0 Å². The Morgan fingerprint density at radius 1 is 0.947 bits per heavy atom. The number of hydrogen-bond donors (Lipinski definition) is 2. The van der Waals surface area contributed by atoms with Gasteiger partial charge in [-0.05, 0) is 49.2 Å². The summed E-state index contributed by atoms with van der Waals surface area (Å²) in [7, 11) is 0. The molecule has 0 heterocycles. The average molecular weight is 360 g/mol. The van der Waals surface area contributed by atoms with Crippen molar-refractivity contribution < 1.29 is 0 Å². The van der Waals surface area contributed by atoms with Crippen LogP contribution >= 0.6 is 39.1 Å². The lowest BCUT2D eigenvalue weighted by Gasteiger charge is -2.16. The predicted octanol–water partition coefficient (Wildman–Crippen LogP) is 5.70. The molecule has 19 heavy (non-hydrogen) atoms. The van der Waals surface area contributed by atoms with Gasteiger partial charge in [-0.25, -0.2) is 0 Å². The Balaban J connectivity index is 2.48. The Hall–Kier alpha value is -0.900. The Morgan fingerprint density at radius 3 is 1.89 bits per heavy atom. The van der Waals surface area contributed by atoms with Gasteiger partial charge in [0.05, 0.1) is 15.7 Å². The number of rotatable bonds is 2. The molecule has 2 nitrogen and oxygen atoms in total. The first kappa shape index (κ1) is 14.5. The van der Waals surface area contributed by atoms with Gasteiger partial charge in [-0.15, -0.1) is 0 Å². The van der Waals surface area contributed by atoms with E-state index in [0.29, 0.717) is 21.4 Å². The summed E-state index contributed by atoms with van der Waals surface area (Å²) in [6.07, 6.45) is 0. The van der Waals surface area contributed by atoms with Crippen molar-refractivity contribution in [3.63, 3.8) is 0 Å². The zero-order chi connectivity index (χ0) is 14.2. The molecule has 0 aliphatic heterocycles. The second-order valence-electron chi connectivity index (χ2n) is 4.40. The van der Waals surface area contributed by atoms with Gasteiger partial charge in [0.1, 0.15) is 0 Å². The Labute approximate surface area is 131 Å². The molecule has 0 saturated carbocycles. The number of nitrogen functional groups attached to an aromatic ring is 1. The molecule has 0 fully saturated rings. The van der Waals surface area contributed by atoms with Crippen molar-refractivity contribution in [1.82, 2.24) is 0 Å². The number of hydrogen-bond acceptors (Lipinski definition) is 2. The second kappa shape index (κ2) is 5.61. The molecule has 0 bridgehead atoms. The highest BCUT2D eigenvalue weighted by atomic mass is 79.9. The molecule has 2 rings (SSSR count). The largest absolute Gasteiger partial charge is 0.399 e. The summed E-state index contributed by atoms with van der Waals surface area (Å²) in [5, 5.41) is 4.30. The first-order chi connectivity index (χ1) is 8.88. The molecule has 5 heteroatoms. The van der Waals surface area contributed by atoms with Crippen molar-refractivity contribution in [2.75, 3.05) is 11.1 Å². The minimum atomic E-state index is 0.506. The first-order valence-corrected chi connectivity index (χ1v) is 7.21. The molecule has 0 atom stereocenters. The Kier molecular flexibility index (Phi) is 4.29. The lowest BCUT2D eigenvalue weighted by molar-refractivity contribution is 1.34. The lowest BCUT2D eigenvalue weighted by atomic mass is 10.1. The molecule has 0 unspecified atom stereocenters. The second-order valence-corrected chi connectivity index (χ2v) is 6.13. The highest BCUT2D eigenvalue weighted by Crippen LogP contribution is 2.37. The van der Waals surface area contributed by atoms with Crippen LogP contribution in [-0.4, -0.2) is 0 Å². The van der Waals surface area contributed by atoms with E-state index in [0.717, 1.165) is 21.3 Å². The summed E-state index contributed by atoms with van der Waals surface area (Å²) in [4.78, 5) is 0. The summed E-state index contributed by atoms with van der Waals surface area (Å²) < 4.78 is 1.04. The highest BCUT2D eigenvalue weighted by molar-refractivity contribution is 9.10. The number of aryl methyl sites for hydroxylation is 2. The van der Waals surface area contributed by atoms with Crippen molar-refractivity contribution in [3.05, 3.63) is 49.9 Å². The topological polar surface area (TPSA) is 38.0 Å². The predicted molar refractivity (Wildman–Crippen MR) is 87.8 cm³/mol. The summed E-state index contributed by atoms with van der Waals surface area (Å²) in [6, 6.07) is 7.43.